The van der Waals surface area contributed by atoms with Crippen LogP contribution < -0.4 is 10.6 Å². The first kappa shape index (κ1) is 17.1. The van der Waals surface area contributed by atoms with Crippen LogP contribution in [-0.2, 0) is 15.7 Å². The number of alkyl halides is 3. The van der Waals surface area contributed by atoms with Crippen LogP contribution in [0.15, 0.2) is 18.2 Å². The van der Waals surface area contributed by atoms with E-state index >= 15 is 0 Å². The molecule has 23 heavy (non-hydrogen) atoms. The summed E-state index contributed by atoms with van der Waals surface area (Å²) in [5, 5.41) is 5.09. The Bertz CT molecular complexity index is 616. The molecule has 1 aliphatic rings. The van der Waals surface area contributed by atoms with Crippen LogP contribution in [0.3, 0.4) is 0 Å². The highest BCUT2D eigenvalue weighted by molar-refractivity contribution is 5.96. The summed E-state index contributed by atoms with van der Waals surface area (Å²) < 4.78 is 42.9. The van der Waals surface area contributed by atoms with Crippen LogP contribution in [-0.4, -0.2) is 25.2 Å². The summed E-state index contributed by atoms with van der Waals surface area (Å²) in [6, 6.07) is 3.05. The van der Waals surface area contributed by atoms with Crippen LogP contribution in [0.25, 0.3) is 0 Å². The molecule has 2 amide bonds. The summed E-state index contributed by atoms with van der Waals surface area (Å²) >= 11 is 0. The molecular weight excluding hydrogens is 313 g/mol. The molecule has 0 radical (unpaired) electrons. The number of halogens is 3. The van der Waals surface area contributed by atoms with Crippen molar-refractivity contribution in [1.29, 1.82) is 0 Å². The molecule has 126 valence electrons. The van der Waals surface area contributed by atoms with Crippen LogP contribution in [0.4, 0.5) is 23.7 Å². The lowest BCUT2D eigenvalue weighted by Gasteiger charge is -2.32. The molecule has 1 aliphatic heterocycles. The molecule has 0 aromatic heterocycles. The van der Waals surface area contributed by atoms with Crippen molar-refractivity contribution in [1.82, 2.24) is 5.32 Å². The zero-order valence-electron chi connectivity index (χ0n) is 12.7. The largest absolute Gasteiger partial charge is 0.453 e. The molecule has 1 aromatic carbocycles. The molecule has 0 saturated carbocycles. The predicted octanol–water partition coefficient (Wildman–Crippen LogP) is 3.27. The first-order valence-corrected chi connectivity index (χ1v) is 7.12. The van der Waals surface area contributed by atoms with Gasteiger partial charge in [0.1, 0.15) is 0 Å². The average molecular weight is 330 g/mol. The van der Waals surface area contributed by atoms with Crippen molar-refractivity contribution in [2.24, 2.45) is 0 Å². The molecule has 0 unspecified atom stereocenters. The first-order valence-electron chi connectivity index (χ1n) is 7.12. The fourth-order valence-corrected chi connectivity index (χ4v) is 2.61. The van der Waals surface area contributed by atoms with Gasteiger partial charge in [-0.1, -0.05) is 13.0 Å². The van der Waals surface area contributed by atoms with E-state index in [4.69, 9.17) is 0 Å². The van der Waals surface area contributed by atoms with E-state index in [9.17, 15) is 22.8 Å². The molecule has 2 rings (SSSR count). The molecule has 8 heteroatoms. The number of hydrogen-bond donors (Lipinski definition) is 2. The maximum absolute atomic E-state index is 12.8. The Morgan fingerprint density at radius 2 is 2.09 bits per heavy atom. The van der Waals surface area contributed by atoms with Gasteiger partial charge in [0.05, 0.1) is 18.6 Å². The van der Waals surface area contributed by atoms with Crippen molar-refractivity contribution in [3.8, 4) is 0 Å². The second-order valence-electron chi connectivity index (χ2n) is 5.32. The zero-order valence-corrected chi connectivity index (χ0v) is 12.7. The van der Waals surface area contributed by atoms with Crippen LogP contribution in [0.5, 0.6) is 0 Å². The van der Waals surface area contributed by atoms with Crippen LogP contribution in [0.2, 0.25) is 0 Å². The molecule has 0 fully saturated rings. The molecule has 2 atom stereocenters. The number of hydrogen-bond acceptors (Lipinski definition) is 4. The topological polar surface area (TPSA) is 67.4 Å². The van der Waals surface area contributed by atoms with E-state index in [1.54, 1.807) is 0 Å². The Balaban J connectivity index is 2.36. The molecular formula is C15H17F3N2O3. The summed E-state index contributed by atoms with van der Waals surface area (Å²) in [5.41, 5.74) is -0.0836. The minimum Gasteiger partial charge on any atom is -0.453 e. The number of methoxy groups -OCH3 is 1. The fourth-order valence-electron chi connectivity index (χ4n) is 2.61. The minimum atomic E-state index is -4.46. The molecule has 5 nitrogen and oxygen atoms in total. The molecule has 0 aliphatic carbocycles. The third-order valence-corrected chi connectivity index (χ3v) is 3.86. The number of anilines is 1. The molecule has 0 spiro atoms. The smallest absolute Gasteiger partial charge is 0.416 e. The number of imide groups is 1. The van der Waals surface area contributed by atoms with Gasteiger partial charge in [0.15, 0.2) is 0 Å². The first-order chi connectivity index (χ1) is 10.8. The van der Waals surface area contributed by atoms with Gasteiger partial charge >= 0.3 is 12.3 Å². The van der Waals surface area contributed by atoms with Gasteiger partial charge in [-0.15, -0.1) is 0 Å². The second-order valence-corrected chi connectivity index (χ2v) is 5.32. The van der Waals surface area contributed by atoms with E-state index in [2.05, 4.69) is 15.4 Å². The van der Waals surface area contributed by atoms with Gasteiger partial charge in [-0.3, -0.25) is 10.1 Å². The lowest BCUT2D eigenvalue weighted by Crippen LogP contribution is -2.39. The van der Waals surface area contributed by atoms with Crippen molar-refractivity contribution in [2.75, 3.05) is 12.4 Å². The van der Waals surface area contributed by atoms with Crippen LogP contribution in [0, 0.1) is 0 Å². The lowest BCUT2D eigenvalue weighted by atomic mass is 9.85. The van der Waals surface area contributed by atoms with Crippen molar-refractivity contribution >= 4 is 17.7 Å². The van der Waals surface area contributed by atoms with E-state index in [-0.39, 0.29) is 11.7 Å². The highest BCUT2D eigenvalue weighted by Crippen LogP contribution is 2.39. The van der Waals surface area contributed by atoms with E-state index < -0.39 is 29.7 Å². The van der Waals surface area contributed by atoms with Gasteiger partial charge in [-0.25, -0.2) is 4.79 Å². The molecule has 0 bridgehead atoms. The van der Waals surface area contributed by atoms with E-state index in [1.807, 2.05) is 6.92 Å². The molecule has 0 saturated heterocycles. The quantitative estimate of drug-likeness (QED) is 0.873. The van der Waals surface area contributed by atoms with Crippen molar-refractivity contribution in [3.05, 3.63) is 29.3 Å². The summed E-state index contributed by atoms with van der Waals surface area (Å²) in [6.07, 6.45) is -4.33. The lowest BCUT2D eigenvalue weighted by molar-refractivity contribution is -0.137. The van der Waals surface area contributed by atoms with Gasteiger partial charge in [-0.2, -0.15) is 13.2 Å². The number of carbonyl (C=O) groups is 2. The van der Waals surface area contributed by atoms with Gasteiger partial charge in [0, 0.05) is 11.7 Å². The van der Waals surface area contributed by atoms with E-state index in [0.717, 1.165) is 19.2 Å². The Morgan fingerprint density at radius 1 is 1.39 bits per heavy atom. The predicted molar refractivity (Wildman–Crippen MR) is 77.1 cm³/mol. The highest BCUT2D eigenvalue weighted by Gasteiger charge is 2.35. The zero-order chi connectivity index (χ0) is 17.2. The Hall–Kier alpha value is -2.25. The third kappa shape index (κ3) is 3.75. The van der Waals surface area contributed by atoms with E-state index in [0.29, 0.717) is 18.4 Å². The third-order valence-electron chi connectivity index (χ3n) is 3.86. The monoisotopic (exact) mass is 330 g/mol. The number of amides is 2. The Morgan fingerprint density at radius 3 is 2.65 bits per heavy atom. The molecule has 1 aromatic rings. The standard InChI is InChI=1S/C15H17F3N2O3/c1-3-9-7-11(13(21)20-14(22)23-2)10-5-4-8(15(16,17)18)6-12(10)19-9/h4-6,9,11,19H,3,7H2,1-2H3,(H,20,21,22)/t9-,11+/m1/s1. The summed E-state index contributed by atoms with van der Waals surface area (Å²) in [5.74, 6) is -1.30. The number of benzene rings is 1. The Kier molecular flexibility index (Phi) is 4.82. The fraction of sp³-hybridized carbons (Fsp3) is 0.467. The molecule has 2 N–H and O–H groups in total. The maximum Gasteiger partial charge on any atom is 0.416 e. The SMILES string of the molecule is CC[C@@H]1C[C@H](C(=O)NC(=O)OC)c2ccc(C(F)(F)F)cc2N1. The minimum absolute atomic E-state index is 0.153. The average Bonchev–Trinajstić information content (AvgIpc) is 2.51. The second kappa shape index (κ2) is 6.47. The number of fused-ring (bicyclic) bond motifs is 1. The number of ether oxygens (including phenoxy) is 1. The number of carbonyl (C=O) groups excluding carboxylic acids is 2. The van der Waals surface area contributed by atoms with Gasteiger partial charge in [0.2, 0.25) is 5.91 Å². The number of alkyl carbamates (subject to hydrolysis) is 1. The van der Waals surface area contributed by atoms with E-state index in [1.165, 1.54) is 6.07 Å². The van der Waals surface area contributed by atoms with Gasteiger partial charge in [-0.05, 0) is 30.5 Å². The molecule has 1 heterocycles. The van der Waals surface area contributed by atoms with Gasteiger partial charge < -0.3 is 10.1 Å². The Labute approximate surface area is 131 Å². The van der Waals surface area contributed by atoms with Crippen molar-refractivity contribution < 1.29 is 27.5 Å². The van der Waals surface area contributed by atoms with Crippen molar-refractivity contribution in [2.45, 2.75) is 37.9 Å². The summed E-state index contributed by atoms with van der Waals surface area (Å²) in [6.45, 7) is 1.87. The van der Waals surface area contributed by atoms with Gasteiger partial charge in [0.25, 0.3) is 0 Å². The highest BCUT2D eigenvalue weighted by atomic mass is 19.4. The number of rotatable bonds is 2. The number of nitrogens with one attached hydrogen (secondary N) is 2. The maximum atomic E-state index is 12.8. The van der Waals surface area contributed by atoms with Crippen molar-refractivity contribution in [3.63, 3.8) is 0 Å². The summed E-state index contributed by atoms with van der Waals surface area (Å²) in [7, 11) is 1.13. The normalized spacial score (nSPS) is 20.2. The summed E-state index contributed by atoms with van der Waals surface area (Å²) in [4.78, 5) is 23.4. The van der Waals surface area contributed by atoms with Crippen LogP contribution in [0.1, 0.15) is 36.8 Å². The van der Waals surface area contributed by atoms with Crippen LogP contribution >= 0.6 is 0 Å².